The summed E-state index contributed by atoms with van der Waals surface area (Å²) in [6.07, 6.45) is 2.62. The number of aromatic amines is 1. The molecule has 9 nitrogen and oxygen atoms in total. The number of aromatic nitrogens is 4. The van der Waals surface area contributed by atoms with E-state index in [4.69, 9.17) is 0 Å². The van der Waals surface area contributed by atoms with Crippen LogP contribution in [0, 0.1) is 0 Å². The molecule has 0 aliphatic heterocycles. The van der Waals surface area contributed by atoms with Crippen LogP contribution in [0.3, 0.4) is 0 Å². The van der Waals surface area contributed by atoms with E-state index in [9.17, 15) is 14.4 Å². The first-order chi connectivity index (χ1) is 15.0. The Kier molecular flexibility index (Phi) is 7.28. The van der Waals surface area contributed by atoms with Gasteiger partial charge in [0.2, 0.25) is 0 Å². The van der Waals surface area contributed by atoms with E-state index >= 15 is 0 Å². The number of unbranched alkanes of at least 4 members (excludes halogenated alkanes) is 1. The Morgan fingerprint density at radius 3 is 2.65 bits per heavy atom. The number of imidazole rings is 1. The Bertz CT molecular complexity index is 1170. The number of fused-ring (bicyclic) bond motifs is 1. The highest BCUT2D eigenvalue weighted by Gasteiger charge is 2.17. The fourth-order valence-electron chi connectivity index (χ4n) is 3.51. The van der Waals surface area contributed by atoms with Gasteiger partial charge in [-0.3, -0.25) is 19.1 Å². The predicted molar refractivity (Wildman–Crippen MR) is 122 cm³/mol. The molecule has 1 aromatic carbocycles. The highest BCUT2D eigenvalue weighted by Crippen LogP contribution is 2.16. The van der Waals surface area contributed by atoms with Gasteiger partial charge in [0.25, 0.3) is 11.5 Å². The molecule has 0 unspecified atom stereocenters. The van der Waals surface area contributed by atoms with Crippen LogP contribution < -0.4 is 21.9 Å². The maximum absolute atomic E-state index is 12.5. The monoisotopic (exact) mass is 426 g/mol. The van der Waals surface area contributed by atoms with E-state index in [-0.39, 0.29) is 5.91 Å². The molecule has 0 saturated heterocycles. The second kappa shape index (κ2) is 10.1. The number of nitrogens with one attached hydrogen (secondary N) is 3. The highest BCUT2D eigenvalue weighted by atomic mass is 16.2. The molecule has 2 aromatic heterocycles. The van der Waals surface area contributed by atoms with Gasteiger partial charge in [-0.2, -0.15) is 0 Å². The molecule has 1 amide bonds. The van der Waals surface area contributed by atoms with E-state index in [1.807, 2.05) is 37.5 Å². The number of aryl methyl sites for hydroxylation is 2. The number of hydrogen-bond donors (Lipinski definition) is 3. The first kappa shape index (κ1) is 22.3. The zero-order valence-corrected chi connectivity index (χ0v) is 18.3. The van der Waals surface area contributed by atoms with Crippen molar-refractivity contribution < 1.29 is 4.79 Å². The molecule has 0 spiro atoms. The van der Waals surface area contributed by atoms with Crippen LogP contribution in [-0.2, 0) is 19.6 Å². The third-order valence-electron chi connectivity index (χ3n) is 5.13. The molecule has 0 fully saturated rings. The Morgan fingerprint density at radius 2 is 1.94 bits per heavy atom. The van der Waals surface area contributed by atoms with E-state index < -0.39 is 11.2 Å². The van der Waals surface area contributed by atoms with Crippen LogP contribution in [0.2, 0.25) is 0 Å². The molecular formula is C22H30N6O3. The fourth-order valence-corrected chi connectivity index (χ4v) is 3.51. The van der Waals surface area contributed by atoms with Crippen LogP contribution in [0.15, 0.2) is 33.9 Å². The smallest absolute Gasteiger partial charge is 0.330 e. The molecule has 3 rings (SSSR count). The van der Waals surface area contributed by atoms with Crippen LogP contribution in [0.1, 0.15) is 56.2 Å². The molecule has 9 heteroatoms. The van der Waals surface area contributed by atoms with Gasteiger partial charge in [-0.1, -0.05) is 26.3 Å². The number of rotatable bonds is 10. The molecule has 0 aliphatic carbocycles. The summed E-state index contributed by atoms with van der Waals surface area (Å²) < 4.78 is 3.36. The summed E-state index contributed by atoms with van der Waals surface area (Å²) in [5.74, 6) is 0.539. The number of carbonyl (C=O) groups is 1. The number of hydrogen-bond acceptors (Lipinski definition) is 5. The standard InChI is InChI=1S/C22H30N6O3/c1-4-7-12-28-19-18(21(30)26-22(28)31)27(6-3)17(25-19)14-24-16-10-8-9-15(13-16)20(29)23-11-5-2/h8-10,13,24H,4-7,11-12,14H2,1-3H3,(H,23,29)(H,26,30,31). The van der Waals surface area contributed by atoms with Gasteiger partial charge in [0.05, 0.1) is 6.54 Å². The SMILES string of the molecule is CCCCn1c(=O)[nH]c(=O)c2c1nc(CNc1cccc(C(=O)NCCC)c1)n2CC. The molecular weight excluding hydrogens is 396 g/mol. The number of carbonyl (C=O) groups excluding carboxylic acids is 1. The summed E-state index contributed by atoms with van der Waals surface area (Å²) >= 11 is 0. The van der Waals surface area contributed by atoms with Crippen LogP contribution in [-0.4, -0.2) is 31.6 Å². The average Bonchev–Trinajstić information content (AvgIpc) is 3.15. The second-order valence-corrected chi connectivity index (χ2v) is 7.40. The van der Waals surface area contributed by atoms with Crippen LogP contribution in [0.25, 0.3) is 11.2 Å². The van der Waals surface area contributed by atoms with Crippen LogP contribution in [0.4, 0.5) is 5.69 Å². The zero-order valence-electron chi connectivity index (χ0n) is 18.3. The van der Waals surface area contributed by atoms with Gasteiger partial charge in [-0.25, -0.2) is 9.78 Å². The summed E-state index contributed by atoms with van der Waals surface area (Å²) in [7, 11) is 0. The Hall–Kier alpha value is -3.36. The molecule has 31 heavy (non-hydrogen) atoms. The van der Waals surface area contributed by atoms with Crippen LogP contribution >= 0.6 is 0 Å². The van der Waals surface area contributed by atoms with Crippen molar-refractivity contribution in [1.29, 1.82) is 0 Å². The van der Waals surface area contributed by atoms with E-state index in [1.54, 1.807) is 12.1 Å². The normalized spacial score (nSPS) is 11.1. The highest BCUT2D eigenvalue weighted by molar-refractivity contribution is 5.95. The molecule has 0 atom stereocenters. The lowest BCUT2D eigenvalue weighted by atomic mass is 10.2. The third-order valence-corrected chi connectivity index (χ3v) is 5.13. The van der Waals surface area contributed by atoms with Gasteiger partial charge in [0, 0.05) is 30.9 Å². The Balaban J connectivity index is 1.90. The Morgan fingerprint density at radius 1 is 1.13 bits per heavy atom. The molecule has 0 bridgehead atoms. The van der Waals surface area contributed by atoms with Gasteiger partial charge < -0.3 is 15.2 Å². The minimum atomic E-state index is -0.433. The third kappa shape index (κ3) is 4.87. The van der Waals surface area contributed by atoms with Gasteiger partial charge in [-0.15, -0.1) is 0 Å². The summed E-state index contributed by atoms with van der Waals surface area (Å²) in [6.45, 7) is 8.02. The van der Waals surface area contributed by atoms with Crippen molar-refractivity contribution in [3.8, 4) is 0 Å². The molecule has 0 saturated carbocycles. The number of amides is 1. The first-order valence-corrected chi connectivity index (χ1v) is 10.8. The molecule has 0 radical (unpaired) electrons. The lowest BCUT2D eigenvalue weighted by Crippen LogP contribution is -2.31. The van der Waals surface area contributed by atoms with Crippen molar-refractivity contribution in [2.24, 2.45) is 0 Å². The van der Waals surface area contributed by atoms with Crippen molar-refractivity contribution in [3.63, 3.8) is 0 Å². The van der Waals surface area contributed by atoms with E-state index in [2.05, 4.69) is 20.6 Å². The minimum absolute atomic E-state index is 0.113. The lowest BCUT2D eigenvalue weighted by molar-refractivity contribution is 0.0953. The summed E-state index contributed by atoms with van der Waals surface area (Å²) in [5.41, 5.74) is 1.31. The maximum atomic E-state index is 12.5. The average molecular weight is 427 g/mol. The van der Waals surface area contributed by atoms with Gasteiger partial charge in [0.15, 0.2) is 11.2 Å². The van der Waals surface area contributed by atoms with E-state index in [0.29, 0.717) is 48.7 Å². The van der Waals surface area contributed by atoms with E-state index in [1.165, 1.54) is 4.57 Å². The first-order valence-electron chi connectivity index (χ1n) is 10.8. The van der Waals surface area contributed by atoms with Gasteiger partial charge in [0.1, 0.15) is 5.82 Å². The summed E-state index contributed by atoms with van der Waals surface area (Å²) in [5, 5.41) is 6.15. The quantitative estimate of drug-likeness (QED) is 0.461. The number of anilines is 1. The topological polar surface area (TPSA) is 114 Å². The maximum Gasteiger partial charge on any atom is 0.330 e. The molecule has 2 heterocycles. The predicted octanol–water partition coefficient (Wildman–Crippen LogP) is 2.46. The molecule has 0 aliphatic rings. The van der Waals surface area contributed by atoms with Crippen LogP contribution in [0.5, 0.6) is 0 Å². The lowest BCUT2D eigenvalue weighted by Gasteiger charge is -2.10. The van der Waals surface area contributed by atoms with Gasteiger partial charge in [-0.05, 0) is 38.0 Å². The van der Waals surface area contributed by atoms with Crippen molar-refractivity contribution in [2.45, 2.75) is 59.7 Å². The number of nitrogens with zero attached hydrogens (tertiary/aromatic N) is 3. The molecule has 3 N–H and O–H groups in total. The zero-order chi connectivity index (χ0) is 22.4. The molecule has 166 valence electrons. The largest absolute Gasteiger partial charge is 0.378 e. The minimum Gasteiger partial charge on any atom is -0.378 e. The van der Waals surface area contributed by atoms with E-state index in [0.717, 1.165) is 24.9 Å². The van der Waals surface area contributed by atoms with Crippen molar-refractivity contribution in [3.05, 3.63) is 56.5 Å². The van der Waals surface area contributed by atoms with Gasteiger partial charge >= 0.3 is 5.69 Å². The van der Waals surface area contributed by atoms with Crippen molar-refractivity contribution in [2.75, 3.05) is 11.9 Å². The summed E-state index contributed by atoms with van der Waals surface area (Å²) in [6, 6.07) is 7.25. The summed E-state index contributed by atoms with van der Waals surface area (Å²) in [4.78, 5) is 44.1. The fraction of sp³-hybridized carbons (Fsp3) is 0.455. The second-order valence-electron chi connectivity index (χ2n) is 7.40. The number of H-pyrrole nitrogens is 1. The molecule has 3 aromatic rings. The number of benzene rings is 1. The van der Waals surface area contributed by atoms with Crippen molar-refractivity contribution >= 4 is 22.8 Å². The van der Waals surface area contributed by atoms with Crippen molar-refractivity contribution in [1.82, 2.24) is 24.4 Å². The Labute approximate surface area is 180 Å².